The summed E-state index contributed by atoms with van der Waals surface area (Å²) in [5.41, 5.74) is 4.81. The predicted octanol–water partition coefficient (Wildman–Crippen LogP) is 4.36. The summed E-state index contributed by atoms with van der Waals surface area (Å²) in [6, 6.07) is 23.3. The highest BCUT2D eigenvalue weighted by molar-refractivity contribution is 7.80. The van der Waals surface area contributed by atoms with Crippen LogP contribution >= 0.6 is 12.2 Å². The topological polar surface area (TPSA) is 110 Å². The maximum Gasteiger partial charge on any atom is 0.338 e. The van der Waals surface area contributed by atoms with Crippen LogP contribution in [0.15, 0.2) is 95.2 Å². The van der Waals surface area contributed by atoms with Crippen molar-refractivity contribution in [3.8, 4) is 17.2 Å². The second-order valence-corrected chi connectivity index (χ2v) is 8.81. The van der Waals surface area contributed by atoms with Gasteiger partial charge in [0.1, 0.15) is 17.2 Å². The van der Waals surface area contributed by atoms with Crippen molar-refractivity contribution in [2.45, 2.75) is 19.9 Å². The highest BCUT2D eigenvalue weighted by Crippen LogP contribution is 2.33. The Hall–Kier alpha value is -4.70. The first-order valence-electron chi connectivity index (χ1n) is 12.3. The maximum absolute atomic E-state index is 12.7. The van der Waals surface area contributed by atoms with Crippen molar-refractivity contribution in [1.82, 2.24) is 16.1 Å². The molecule has 0 radical (unpaired) electrons. The van der Waals surface area contributed by atoms with E-state index < -0.39 is 17.9 Å². The third-order valence-electron chi connectivity index (χ3n) is 5.59. The standard InChI is InChI=1S/C29H28N4O5S/c1-3-36-28(35)26-19(2)31-29(39)32-27(26)23-14-7-8-15-24(23)37-18-25(34)33-30-17-20-10-9-13-22(16-20)38-21-11-5-4-6-12-21/h4-17,27H,3,18H2,1-2H3,(H,33,34)(H2,31,32,39)/t27-/m1/s1. The molecule has 1 aliphatic rings. The van der Waals surface area contributed by atoms with Gasteiger partial charge >= 0.3 is 5.97 Å². The van der Waals surface area contributed by atoms with E-state index in [-0.39, 0.29) is 13.2 Å². The van der Waals surface area contributed by atoms with E-state index in [0.717, 1.165) is 11.3 Å². The lowest BCUT2D eigenvalue weighted by molar-refractivity contribution is -0.139. The second-order valence-electron chi connectivity index (χ2n) is 8.40. The summed E-state index contributed by atoms with van der Waals surface area (Å²) in [6.45, 7) is 3.43. The molecule has 0 saturated heterocycles. The minimum Gasteiger partial charge on any atom is -0.483 e. The zero-order valence-corrected chi connectivity index (χ0v) is 22.3. The van der Waals surface area contributed by atoms with Gasteiger partial charge in [-0.3, -0.25) is 4.79 Å². The van der Waals surface area contributed by atoms with Crippen molar-refractivity contribution < 1.29 is 23.8 Å². The highest BCUT2D eigenvalue weighted by atomic mass is 32.1. The third kappa shape index (κ3) is 7.42. The molecular weight excluding hydrogens is 516 g/mol. The molecule has 1 aliphatic heterocycles. The molecule has 1 amide bonds. The number of thiocarbonyl (C=S) groups is 1. The Bertz CT molecular complexity index is 1410. The lowest BCUT2D eigenvalue weighted by Crippen LogP contribution is -2.45. The normalized spacial score (nSPS) is 14.8. The van der Waals surface area contributed by atoms with Crippen LogP contribution in [-0.4, -0.2) is 36.4 Å². The quantitative estimate of drug-likeness (QED) is 0.149. The fourth-order valence-electron chi connectivity index (χ4n) is 3.89. The number of rotatable bonds is 10. The largest absolute Gasteiger partial charge is 0.483 e. The number of nitrogens with zero attached hydrogens (tertiary/aromatic N) is 1. The van der Waals surface area contributed by atoms with E-state index in [2.05, 4.69) is 21.2 Å². The monoisotopic (exact) mass is 544 g/mol. The van der Waals surface area contributed by atoms with E-state index in [4.69, 9.17) is 26.4 Å². The van der Waals surface area contributed by atoms with Gasteiger partial charge in [0.2, 0.25) is 0 Å². The SMILES string of the molecule is CCOC(=O)C1=C(C)NC(=S)N[C@@H]1c1ccccc1OCC(=O)NN=Cc1cccc(Oc2ccccc2)c1. The van der Waals surface area contributed by atoms with Crippen molar-refractivity contribution in [3.63, 3.8) is 0 Å². The van der Waals surface area contributed by atoms with E-state index in [0.29, 0.717) is 33.4 Å². The lowest BCUT2D eigenvalue weighted by atomic mass is 9.95. The number of amides is 1. The molecule has 4 rings (SSSR count). The van der Waals surface area contributed by atoms with Gasteiger partial charge in [0.15, 0.2) is 11.7 Å². The first-order valence-corrected chi connectivity index (χ1v) is 12.7. The van der Waals surface area contributed by atoms with Gasteiger partial charge in [-0.25, -0.2) is 10.2 Å². The average molecular weight is 545 g/mol. The molecule has 0 bridgehead atoms. The number of esters is 1. The molecule has 3 aromatic rings. The lowest BCUT2D eigenvalue weighted by Gasteiger charge is -2.30. The summed E-state index contributed by atoms with van der Waals surface area (Å²) in [7, 11) is 0. The summed E-state index contributed by atoms with van der Waals surface area (Å²) in [4.78, 5) is 25.2. The summed E-state index contributed by atoms with van der Waals surface area (Å²) >= 11 is 5.30. The molecule has 0 fully saturated rings. The molecule has 0 aromatic heterocycles. The molecule has 200 valence electrons. The van der Waals surface area contributed by atoms with Crippen LogP contribution in [0.5, 0.6) is 17.2 Å². The van der Waals surface area contributed by atoms with Gasteiger partial charge in [0.25, 0.3) is 5.91 Å². The first-order chi connectivity index (χ1) is 18.9. The van der Waals surface area contributed by atoms with Crippen LogP contribution in [0.1, 0.15) is 31.0 Å². The van der Waals surface area contributed by atoms with Gasteiger partial charge in [-0.15, -0.1) is 0 Å². The number of hydrazone groups is 1. The Labute approximate surface area is 231 Å². The Balaban J connectivity index is 1.39. The summed E-state index contributed by atoms with van der Waals surface area (Å²) in [5, 5.41) is 10.5. The average Bonchev–Trinajstić information content (AvgIpc) is 2.92. The van der Waals surface area contributed by atoms with E-state index in [1.165, 1.54) is 6.21 Å². The number of para-hydroxylation sites is 2. The van der Waals surface area contributed by atoms with E-state index in [1.54, 1.807) is 32.0 Å². The first kappa shape index (κ1) is 27.3. The fraction of sp³-hybridized carbons (Fsp3) is 0.172. The summed E-state index contributed by atoms with van der Waals surface area (Å²) < 4.78 is 16.9. The minimum absolute atomic E-state index is 0.232. The molecule has 39 heavy (non-hydrogen) atoms. The Morgan fingerprint density at radius 3 is 2.56 bits per heavy atom. The van der Waals surface area contributed by atoms with Crippen molar-refractivity contribution in [1.29, 1.82) is 0 Å². The molecule has 0 unspecified atom stereocenters. The van der Waals surface area contributed by atoms with Gasteiger partial charge in [-0.1, -0.05) is 48.5 Å². The van der Waals surface area contributed by atoms with Gasteiger partial charge < -0.3 is 24.8 Å². The third-order valence-corrected chi connectivity index (χ3v) is 5.81. The number of hydrogen-bond donors (Lipinski definition) is 3. The maximum atomic E-state index is 12.7. The Kier molecular flexibility index (Phi) is 9.25. The van der Waals surface area contributed by atoms with Crippen LogP contribution in [0.4, 0.5) is 0 Å². The van der Waals surface area contributed by atoms with Crippen LogP contribution in [0, 0.1) is 0 Å². The fourth-order valence-corrected chi connectivity index (χ4v) is 4.17. The summed E-state index contributed by atoms with van der Waals surface area (Å²) in [5.74, 6) is 0.860. The Morgan fingerprint density at radius 1 is 1.03 bits per heavy atom. The predicted molar refractivity (Wildman–Crippen MR) is 152 cm³/mol. The second kappa shape index (κ2) is 13.2. The number of carbonyl (C=O) groups is 2. The number of hydrogen-bond acceptors (Lipinski definition) is 7. The number of carbonyl (C=O) groups excluding carboxylic acids is 2. The van der Waals surface area contributed by atoms with Crippen molar-refractivity contribution in [3.05, 3.63) is 101 Å². The summed E-state index contributed by atoms with van der Waals surface area (Å²) in [6.07, 6.45) is 1.52. The van der Waals surface area contributed by atoms with Crippen LogP contribution in [0.25, 0.3) is 0 Å². The molecular formula is C29H28N4O5S. The van der Waals surface area contributed by atoms with Gasteiger partial charge in [-0.2, -0.15) is 5.10 Å². The van der Waals surface area contributed by atoms with E-state index in [1.807, 2.05) is 60.7 Å². The molecule has 3 aromatic carbocycles. The zero-order valence-electron chi connectivity index (χ0n) is 21.5. The smallest absolute Gasteiger partial charge is 0.338 e. The van der Waals surface area contributed by atoms with Crippen LogP contribution in [0.2, 0.25) is 0 Å². The zero-order chi connectivity index (χ0) is 27.6. The van der Waals surface area contributed by atoms with Crippen LogP contribution in [-0.2, 0) is 14.3 Å². The number of benzene rings is 3. The van der Waals surface area contributed by atoms with Gasteiger partial charge in [-0.05, 0) is 62.0 Å². The van der Waals surface area contributed by atoms with Gasteiger partial charge in [0, 0.05) is 11.3 Å². The van der Waals surface area contributed by atoms with Crippen molar-refractivity contribution >= 4 is 35.4 Å². The van der Waals surface area contributed by atoms with E-state index >= 15 is 0 Å². The molecule has 3 N–H and O–H groups in total. The van der Waals surface area contributed by atoms with Crippen molar-refractivity contribution in [2.75, 3.05) is 13.2 Å². The van der Waals surface area contributed by atoms with E-state index in [9.17, 15) is 9.59 Å². The number of allylic oxidation sites excluding steroid dienone is 1. The molecule has 0 saturated carbocycles. The molecule has 1 atom stereocenters. The Morgan fingerprint density at radius 2 is 1.77 bits per heavy atom. The molecule has 0 spiro atoms. The van der Waals surface area contributed by atoms with Crippen LogP contribution < -0.4 is 25.5 Å². The molecule has 9 nitrogen and oxygen atoms in total. The minimum atomic E-state index is -0.611. The highest BCUT2D eigenvalue weighted by Gasteiger charge is 2.32. The molecule has 1 heterocycles. The molecule has 0 aliphatic carbocycles. The van der Waals surface area contributed by atoms with Crippen LogP contribution in [0.3, 0.4) is 0 Å². The molecule has 10 heteroatoms. The van der Waals surface area contributed by atoms with Crippen molar-refractivity contribution in [2.24, 2.45) is 5.10 Å². The number of nitrogens with one attached hydrogen (secondary N) is 3. The van der Waals surface area contributed by atoms with Gasteiger partial charge in [0.05, 0.1) is 24.4 Å². The number of ether oxygens (including phenoxy) is 3.